The minimum Gasteiger partial charge on any atom is -0.444 e. The summed E-state index contributed by atoms with van der Waals surface area (Å²) in [5, 5.41) is 2.27. The first-order chi connectivity index (χ1) is 14.6. The Hall–Kier alpha value is -3.30. The Bertz CT molecular complexity index is 1090. The van der Waals surface area contributed by atoms with Crippen LogP contribution >= 0.6 is 0 Å². The van der Waals surface area contributed by atoms with Gasteiger partial charge in [-0.05, 0) is 39.3 Å². The van der Waals surface area contributed by atoms with Crippen LogP contribution in [0.15, 0.2) is 27.4 Å². The number of piperazine rings is 1. The van der Waals surface area contributed by atoms with E-state index in [1.165, 1.54) is 4.57 Å². The Morgan fingerprint density at radius 3 is 2.48 bits per heavy atom. The molecule has 10 heteroatoms. The fraction of sp³-hybridized carbons (Fsp3) is 0.524. The minimum absolute atomic E-state index is 0.176. The molecule has 1 N–H and O–H groups in total. The molecule has 2 aliphatic rings. The van der Waals surface area contributed by atoms with E-state index in [2.05, 4.69) is 10.2 Å². The van der Waals surface area contributed by atoms with Crippen LogP contribution in [0.25, 0.3) is 11.1 Å². The van der Waals surface area contributed by atoms with Crippen LogP contribution in [-0.4, -0.2) is 59.2 Å². The van der Waals surface area contributed by atoms with Crippen LogP contribution in [0.1, 0.15) is 39.7 Å². The van der Waals surface area contributed by atoms with E-state index >= 15 is 0 Å². The number of hydrogen-bond acceptors (Lipinski definition) is 7. The number of amides is 3. The maximum Gasteiger partial charge on any atom is 0.420 e. The highest BCUT2D eigenvalue weighted by atomic mass is 16.6. The van der Waals surface area contributed by atoms with Crippen molar-refractivity contribution in [2.24, 2.45) is 0 Å². The van der Waals surface area contributed by atoms with Crippen molar-refractivity contribution in [3.05, 3.63) is 28.7 Å². The Morgan fingerprint density at radius 2 is 1.84 bits per heavy atom. The van der Waals surface area contributed by atoms with Gasteiger partial charge >= 0.3 is 11.8 Å². The first-order valence-electron chi connectivity index (χ1n) is 10.3. The average Bonchev–Trinajstić information content (AvgIpc) is 3.02. The van der Waals surface area contributed by atoms with Gasteiger partial charge in [0.1, 0.15) is 11.6 Å². The number of imide groups is 1. The lowest BCUT2D eigenvalue weighted by molar-refractivity contribution is -0.135. The molecule has 2 aromatic rings. The molecule has 2 aliphatic heterocycles. The van der Waals surface area contributed by atoms with E-state index in [-0.39, 0.29) is 24.8 Å². The van der Waals surface area contributed by atoms with Gasteiger partial charge in [-0.3, -0.25) is 19.5 Å². The number of carbonyl (C=O) groups excluding carboxylic acids is 3. The lowest BCUT2D eigenvalue weighted by atomic mass is 10.1. The van der Waals surface area contributed by atoms with E-state index in [9.17, 15) is 19.2 Å². The summed E-state index contributed by atoms with van der Waals surface area (Å²) < 4.78 is 12.1. The van der Waals surface area contributed by atoms with E-state index < -0.39 is 23.3 Å². The summed E-state index contributed by atoms with van der Waals surface area (Å²) in [6, 6.07) is 4.61. The van der Waals surface area contributed by atoms with Crippen molar-refractivity contribution in [2.75, 3.05) is 31.1 Å². The molecular weight excluding hydrogens is 404 g/mol. The molecule has 0 radical (unpaired) electrons. The number of nitrogens with one attached hydrogen (secondary N) is 1. The molecule has 4 rings (SSSR count). The molecule has 1 unspecified atom stereocenters. The summed E-state index contributed by atoms with van der Waals surface area (Å²) in [5.41, 5.74) is 1.21. The third-order valence-electron chi connectivity index (χ3n) is 5.42. The normalized spacial score (nSPS) is 20.2. The topological polar surface area (TPSA) is 114 Å². The molecule has 3 heterocycles. The third-order valence-corrected chi connectivity index (χ3v) is 5.42. The van der Waals surface area contributed by atoms with Gasteiger partial charge in [-0.25, -0.2) is 9.59 Å². The molecule has 10 nitrogen and oxygen atoms in total. The molecule has 3 amide bonds. The second-order valence-corrected chi connectivity index (χ2v) is 8.81. The molecule has 2 fully saturated rings. The number of rotatable bonds is 2. The van der Waals surface area contributed by atoms with Crippen LogP contribution in [0.2, 0.25) is 0 Å². The van der Waals surface area contributed by atoms with Crippen molar-refractivity contribution in [3.8, 4) is 0 Å². The highest BCUT2D eigenvalue weighted by Crippen LogP contribution is 2.27. The fourth-order valence-electron chi connectivity index (χ4n) is 3.92. The Balaban J connectivity index is 1.50. The van der Waals surface area contributed by atoms with Gasteiger partial charge in [0.05, 0.1) is 5.52 Å². The maximum atomic E-state index is 12.4. The van der Waals surface area contributed by atoms with Crippen molar-refractivity contribution >= 4 is 34.7 Å². The number of fused-ring (bicyclic) bond motifs is 1. The summed E-state index contributed by atoms with van der Waals surface area (Å²) in [6.07, 6.45) is 0.109. The van der Waals surface area contributed by atoms with Crippen LogP contribution < -0.4 is 16.0 Å². The number of nitrogens with zero attached hydrogens (tertiary/aromatic N) is 3. The first-order valence-corrected chi connectivity index (χ1v) is 10.3. The average molecular weight is 430 g/mol. The fourth-order valence-corrected chi connectivity index (χ4v) is 3.92. The van der Waals surface area contributed by atoms with Crippen LogP contribution in [0.5, 0.6) is 0 Å². The molecule has 1 aromatic heterocycles. The molecule has 1 atom stereocenters. The molecule has 2 saturated heterocycles. The first kappa shape index (κ1) is 21.0. The standard InChI is InChI=1S/C21H26N4O6/c1-21(2,3)31-19(28)24-10-8-23(9-11-24)13-4-5-14-16(12-13)30-20(29)25(14)15-6-7-17(26)22-18(15)27/h4-5,12,15H,6-11H2,1-3H3,(H,22,26,27). The van der Waals surface area contributed by atoms with Crippen molar-refractivity contribution in [1.82, 2.24) is 14.8 Å². The van der Waals surface area contributed by atoms with Crippen LogP contribution in [0.3, 0.4) is 0 Å². The second kappa shape index (κ2) is 7.75. The molecule has 166 valence electrons. The predicted molar refractivity (Wildman–Crippen MR) is 112 cm³/mol. The van der Waals surface area contributed by atoms with Gasteiger partial charge in [0.15, 0.2) is 5.58 Å². The Kier molecular flexibility index (Phi) is 5.24. The number of oxazole rings is 1. The smallest absolute Gasteiger partial charge is 0.420 e. The van der Waals surface area contributed by atoms with Crippen LogP contribution in [-0.2, 0) is 14.3 Å². The summed E-state index contributed by atoms with van der Waals surface area (Å²) in [6.45, 7) is 7.79. The van der Waals surface area contributed by atoms with E-state index in [4.69, 9.17) is 9.15 Å². The summed E-state index contributed by atoms with van der Waals surface area (Å²) in [5.74, 6) is -1.46. The van der Waals surface area contributed by atoms with Gasteiger partial charge in [0, 0.05) is 44.4 Å². The second-order valence-electron chi connectivity index (χ2n) is 8.81. The van der Waals surface area contributed by atoms with Crippen LogP contribution in [0, 0.1) is 0 Å². The maximum absolute atomic E-state index is 12.4. The monoisotopic (exact) mass is 430 g/mol. The summed E-state index contributed by atoms with van der Waals surface area (Å²) >= 11 is 0. The number of hydrogen-bond donors (Lipinski definition) is 1. The van der Waals surface area contributed by atoms with E-state index in [0.29, 0.717) is 37.3 Å². The zero-order chi connectivity index (χ0) is 22.3. The van der Waals surface area contributed by atoms with Crippen molar-refractivity contribution < 1.29 is 23.5 Å². The quantitative estimate of drug-likeness (QED) is 0.720. The molecule has 0 bridgehead atoms. The molecule has 0 spiro atoms. The largest absolute Gasteiger partial charge is 0.444 e. The zero-order valence-corrected chi connectivity index (χ0v) is 17.8. The highest BCUT2D eigenvalue weighted by Gasteiger charge is 2.32. The molecule has 0 aliphatic carbocycles. The third kappa shape index (κ3) is 4.28. The van der Waals surface area contributed by atoms with Gasteiger partial charge in [-0.2, -0.15) is 0 Å². The predicted octanol–water partition coefficient (Wildman–Crippen LogP) is 1.63. The number of ether oxygens (including phenoxy) is 1. The summed E-state index contributed by atoms with van der Waals surface area (Å²) in [7, 11) is 0. The minimum atomic E-state index is -0.769. The number of anilines is 1. The Morgan fingerprint density at radius 1 is 1.13 bits per heavy atom. The highest BCUT2D eigenvalue weighted by molar-refractivity contribution is 6.00. The van der Waals surface area contributed by atoms with Gasteiger partial charge in [0.2, 0.25) is 11.8 Å². The molecule has 31 heavy (non-hydrogen) atoms. The van der Waals surface area contributed by atoms with Crippen LogP contribution in [0.4, 0.5) is 10.5 Å². The SMILES string of the molecule is CC(C)(C)OC(=O)N1CCN(c2ccc3c(c2)oc(=O)n3C2CCC(=O)NC2=O)CC1. The van der Waals surface area contributed by atoms with E-state index in [1.807, 2.05) is 26.8 Å². The number of piperidine rings is 1. The summed E-state index contributed by atoms with van der Waals surface area (Å²) in [4.78, 5) is 52.1. The number of carbonyl (C=O) groups is 3. The van der Waals surface area contributed by atoms with Crippen molar-refractivity contribution in [1.29, 1.82) is 0 Å². The van der Waals surface area contributed by atoms with Gasteiger partial charge in [0.25, 0.3) is 0 Å². The number of benzene rings is 1. The van der Waals surface area contributed by atoms with Gasteiger partial charge in [-0.15, -0.1) is 0 Å². The van der Waals surface area contributed by atoms with Crippen molar-refractivity contribution in [3.63, 3.8) is 0 Å². The lowest BCUT2D eigenvalue weighted by Crippen LogP contribution is -2.50. The zero-order valence-electron chi connectivity index (χ0n) is 17.8. The molecular formula is C21H26N4O6. The molecule has 1 aromatic carbocycles. The van der Waals surface area contributed by atoms with Gasteiger partial charge < -0.3 is 19.0 Å². The lowest BCUT2D eigenvalue weighted by Gasteiger charge is -2.36. The van der Waals surface area contributed by atoms with E-state index in [1.54, 1.807) is 17.0 Å². The molecule has 0 saturated carbocycles. The van der Waals surface area contributed by atoms with Crippen molar-refractivity contribution in [2.45, 2.75) is 45.3 Å². The Labute approximate surface area is 178 Å². The van der Waals surface area contributed by atoms with E-state index in [0.717, 1.165) is 5.69 Å². The van der Waals surface area contributed by atoms with Gasteiger partial charge in [-0.1, -0.05) is 0 Å². The number of aromatic nitrogens is 1.